The molecule has 0 aliphatic carbocycles. The molecule has 6 heteroatoms. The lowest BCUT2D eigenvalue weighted by Gasteiger charge is -2.28. The van der Waals surface area contributed by atoms with Gasteiger partial charge in [0, 0.05) is 33.5 Å². The van der Waals surface area contributed by atoms with Gasteiger partial charge in [0.25, 0.3) is 0 Å². The van der Waals surface area contributed by atoms with Crippen molar-refractivity contribution in [2.24, 2.45) is 5.73 Å². The maximum absolute atomic E-state index is 5.60. The lowest BCUT2D eigenvalue weighted by molar-refractivity contribution is 0.170. The molecule has 1 rings (SSSR count). The van der Waals surface area contributed by atoms with Gasteiger partial charge in [-0.05, 0) is 13.0 Å². The molecule has 0 bridgehead atoms. The van der Waals surface area contributed by atoms with Crippen molar-refractivity contribution in [3.05, 3.63) is 18.0 Å². The van der Waals surface area contributed by atoms with E-state index in [1.54, 1.807) is 20.4 Å². The van der Waals surface area contributed by atoms with Crippen LogP contribution in [0.2, 0.25) is 0 Å². The second-order valence-corrected chi connectivity index (χ2v) is 4.04. The van der Waals surface area contributed by atoms with E-state index in [-0.39, 0.29) is 6.04 Å². The van der Waals surface area contributed by atoms with Crippen LogP contribution in [0.1, 0.15) is 12.6 Å². The summed E-state index contributed by atoms with van der Waals surface area (Å²) in [6, 6.07) is 2.00. The lowest BCUT2D eigenvalue weighted by atomic mass is 10.3. The Morgan fingerprint density at radius 3 is 2.78 bits per heavy atom. The van der Waals surface area contributed by atoms with E-state index in [0.29, 0.717) is 25.7 Å². The minimum atomic E-state index is 0.179. The third kappa shape index (κ3) is 4.21. The molecule has 0 aliphatic rings. The van der Waals surface area contributed by atoms with Crippen LogP contribution in [0.15, 0.2) is 12.3 Å². The molecule has 0 saturated carbocycles. The molecule has 0 aromatic carbocycles. The van der Waals surface area contributed by atoms with Crippen LogP contribution in [-0.2, 0) is 16.0 Å². The van der Waals surface area contributed by atoms with Crippen LogP contribution in [0.25, 0.3) is 0 Å². The molecule has 102 valence electrons. The van der Waals surface area contributed by atoms with Gasteiger partial charge in [-0.2, -0.15) is 0 Å². The minimum Gasteiger partial charge on any atom is -0.383 e. The van der Waals surface area contributed by atoms with E-state index in [9.17, 15) is 0 Å². The van der Waals surface area contributed by atoms with Crippen LogP contribution in [0.3, 0.4) is 0 Å². The maximum atomic E-state index is 5.60. The van der Waals surface area contributed by atoms with Crippen LogP contribution < -0.4 is 10.6 Å². The van der Waals surface area contributed by atoms with Gasteiger partial charge in [-0.1, -0.05) is 0 Å². The van der Waals surface area contributed by atoms with Crippen molar-refractivity contribution in [2.75, 3.05) is 38.9 Å². The van der Waals surface area contributed by atoms with Crippen molar-refractivity contribution in [2.45, 2.75) is 19.5 Å². The number of anilines is 1. The molecule has 0 radical (unpaired) electrons. The SMILES string of the molecule is COCCN(c1nccc(CN)n1)C(C)COC. The highest BCUT2D eigenvalue weighted by atomic mass is 16.5. The van der Waals surface area contributed by atoms with Crippen molar-refractivity contribution >= 4 is 5.95 Å². The Bertz CT molecular complexity index is 349. The van der Waals surface area contributed by atoms with E-state index in [2.05, 4.69) is 21.8 Å². The number of nitrogens with two attached hydrogens (primary N) is 1. The Morgan fingerprint density at radius 1 is 1.39 bits per heavy atom. The molecule has 0 spiro atoms. The summed E-state index contributed by atoms with van der Waals surface area (Å²) >= 11 is 0. The van der Waals surface area contributed by atoms with Gasteiger partial charge in [0.05, 0.1) is 24.9 Å². The van der Waals surface area contributed by atoms with E-state index >= 15 is 0 Å². The lowest BCUT2D eigenvalue weighted by Crippen LogP contribution is -2.40. The zero-order chi connectivity index (χ0) is 13.4. The molecule has 0 fully saturated rings. The zero-order valence-corrected chi connectivity index (χ0v) is 11.3. The first kappa shape index (κ1) is 14.8. The smallest absolute Gasteiger partial charge is 0.225 e. The maximum Gasteiger partial charge on any atom is 0.225 e. The highest BCUT2D eigenvalue weighted by Gasteiger charge is 2.16. The standard InChI is InChI=1S/C12H22N4O2/c1-10(9-18-3)16(6-7-17-2)12-14-5-4-11(8-13)15-12/h4-5,10H,6-9,13H2,1-3H3. The number of rotatable bonds is 8. The Labute approximate surface area is 108 Å². The topological polar surface area (TPSA) is 73.5 Å². The Balaban J connectivity index is 2.85. The van der Waals surface area contributed by atoms with E-state index in [4.69, 9.17) is 15.2 Å². The number of aromatic nitrogens is 2. The summed E-state index contributed by atoms with van der Waals surface area (Å²) in [6.45, 7) is 4.42. The van der Waals surface area contributed by atoms with Crippen LogP contribution in [0.5, 0.6) is 0 Å². The molecule has 1 atom stereocenters. The summed E-state index contributed by atoms with van der Waals surface area (Å²) in [7, 11) is 3.36. The third-order valence-electron chi connectivity index (χ3n) is 2.64. The first-order chi connectivity index (χ1) is 8.72. The normalized spacial score (nSPS) is 12.4. The monoisotopic (exact) mass is 254 g/mol. The van der Waals surface area contributed by atoms with Gasteiger partial charge < -0.3 is 20.1 Å². The van der Waals surface area contributed by atoms with E-state index in [0.717, 1.165) is 12.2 Å². The molecule has 1 aromatic rings. The predicted octanol–water partition coefficient (Wildman–Crippen LogP) is 0.423. The first-order valence-electron chi connectivity index (χ1n) is 5.99. The molecule has 0 saturated heterocycles. The fraction of sp³-hybridized carbons (Fsp3) is 0.667. The molecular weight excluding hydrogens is 232 g/mol. The van der Waals surface area contributed by atoms with E-state index in [1.807, 2.05) is 6.07 Å². The molecule has 0 amide bonds. The third-order valence-corrected chi connectivity index (χ3v) is 2.64. The Morgan fingerprint density at radius 2 is 2.17 bits per heavy atom. The zero-order valence-electron chi connectivity index (χ0n) is 11.3. The second kappa shape index (κ2) is 7.97. The average molecular weight is 254 g/mol. The number of methoxy groups -OCH3 is 2. The van der Waals surface area contributed by atoms with Gasteiger partial charge in [0.1, 0.15) is 0 Å². The Hall–Kier alpha value is -1.24. The fourth-order valence-electron chi connectivity index (χ4n) is 1.67. The van der Waals surface area contributed by atoms with Gasteiger partial charge in [0.2, 0.25) is 5.95 Å². The summed E-state index contributed by atoms with van der Waals surface area (Å²) in [4.78, 5) is 10.8. The Kier molecular flexibility index (Phi) is 6.56. The van der Waals surface area contributed by atoms with Gasteiger partial charge >= 0.3 is 0 Å². The number of ether oxygens (including phenoxy) is 2. The minimum absolute atomic E-state index is 0.179. The van der Waals surface area contributed by atoms with Crippen molar-refractivity contribution in [1.29, 1.82) is 0 Å². The molecule has 6 nitrogen and oxygen atoms in total. The van der Waals surface area contributed by atoms with E-state index in [1.165, 1.54) is 0 Å². The number of hydrogen-bond donors (Lipinski definition) is 1. The molecule has 18 heavy (non-hydrogen) atoms. The second-order valence-electron chi connectivity index (χ2n) is 4.04. The highest BCUT2D eigenvalue weighted by Crippen LogP contribution is 2.11. The van der Waals surface area contributed by atoms with Gasteiger partial charge in [-0.15, -0.1) is 0 Å². The number of hydrogen-bond acceptors (Lipinski definition) is 6. The molecular formula is C12H22N4O2. The summed E-state index contributed by atoms with van der Waals surface area (Å²) in [5, 5.41) is 0. The quantitative estimate of drug-likeness (QED) is 0.725. The largest absolute Gasteiger partial charge is 0.383 e. The summed E-state index contributed by atoms with van der Waals surface area (Å²) in [5.74, 6) is 0.666. The molecule has 2 N–H and O–H groups in total. The summed E-state index contributed by atoms with van der Waals surface area (Å²) in [6.07, 6.45) is 1.73. The van der Waals surface area contributed by atoms with Crippen molar-refractivity contribution in [1.82, 2.24) is 9.97 Å². The first-order valence-corrected chi connectivity index (χ1v) is 5.99. The van der Waals surface area contributed by atoms with Crippen molar-refractivity contribution in [3.63, 3.8) is 0 Å². The van der Waals surface area contributed by atoms with Gasteiger partial charge in [-0.3, -0.25) is 0 Å². The van der Waals surface area contributed by atoms with Crippen LogP contribution in [0.4, 0.5) is 5.95 Å². The van der Waals surface area contributed by atoms with Crippen LogP contribution in [-0.4, -0.2) is 50.0 Å². The summed E-state index contributed by atoms with van der Waals surface area (Å²) < 4.78 is 10.3. The van der Waals surface area contributed by atoms with Gasteiger partial charge in [0.15, 0.2) is 0 Å². The molecule has 0 aliphatic heterocycles. The summed E-state index contributed by atoms with van der Waals surface area (Å²) in [5.41, 5.74) is 6.42. The average Bonchev–Trinajstić information content (AvgIpc) is 2.40. The molecule has 1 unspecified atom stereocenters. The van der Waals surface area contributed by atoms with Gasteiger partial charge in [-0.25, -0.2) is 9.97 Å². The number of nitrogens with zero attached hydrogens (tertiary/aromatic N) is 3. The molecule has 1 heterocycles. The highest BCUT2D eigenvalue weighted by molar-refractivity contribution is 5.31. The van der Waals surface area contributed by atoms with Crippen molar-refractivity contribution < 1.29 is 9.47 Å². The predicted molar refractivity (Wildman–Crippen MR) is 70.5 cm³/mol. The fourth-order valence-corrected chi connectivity index (χ4v) is 1.67. The van der Waals surface area contributed by atoms with Crippen LogP contribution >= 0.6 is 0 Å². The van der Waals surface area contributed by atoms with Crippen LogP contribution in [0, 0.1) is 0 Å². The molecule has 1 aromatic heterocycles. The van der Waals surface area contributed by atoms with Crippen molar-refractivity contribution in [3.8, 4) is 0 Å². The van der Waals surface area contributed by atoms with E-state index < -0.39 is 0 Å².